The predicted molar refractivity (Wildman–Crippen MR) is 53.8 cm³/mol. The summed E-state index contributed by atoms with van der Waals surface area (Å²) in [4.78, 5) is 0. The molecule has 0 bridgehead atoms. The number of hydrogen-bond donors (Lipinski definition) is 0. The van der Waals surface area contributed by atoms with Gasteiger partial charge in [0.15, 0.2) is 0 Å². The van der Waals surface area contributed by atoms with E-state index in [1.807, 2.05) is 0 Å². The Bertz CT molecular complexity index is 244. The Kier molecular flexibility index (Phi) is 5.30. The van der Waals surface area contributed by atoms with Gasteiger partial charge in [0.1, 0.15) is 0 Å². The molecule has 66 valence electrons. The van der Waals surface area contributed by atoms with Crippen LogP contribution < -0.4 is 0 Å². The summed E-state index contributed by atoms with van der Waals surface area (Å²) in [5, 5.41) is 0. The van der Waals surface area contributed by atoms with Crippen LogP contribution in [0.5, 0.6) is 0 Å². The summed E-state index contributed by atoms with van der Waals surface area (Å²) in [5.74, 6) is 0. The quantitative estimate of drug-likeness (QED) is 0.498. The monoisotopic (exact) mass is 226 g/mol. The molecule has 0 aromatic carbocycles. The van der Waals surface area contributed by atoms with Crippen molar-refractivity contribution >= 4 is 9.30 Å². The number of rotatable bonds is 2. The van der Waals surface area contributed by atoms with E-state index in [9.17, 15) is 0 Å². The van der Waals surface area contributed by atoms with Gasteiger partial charge in [0.05, 0.1) is 0 Å². The molecule has 0 aliphatic heterocycles. The van der Waals surface area contributed by atoms with Gasteiger partial charge in [0, 0.05) is 0 Å². The third-order valence-electron chi connectivity index (χ3n) is 1.97. The van der Waals surface area contributed by atoms with Crippen molar-refractivity contribution in [2.24, 2.45) is 0 Å². The summed E-state index contributed by atoms with van der Waals surface area (Å²) in [6.07, 6.45) is 17.5. The van der Waals surface area contributed by atoms with E-state index in [1.165, 1.54) is 30.5 Å². The van der Waals surface area contributed by atoms with Gasteiger partial charge in [0.25, 0.3) is 0 Å². The predicted octanol–water partition coefficient (Wildman–Crippen LogP) is 3.65. The van der Waals surface area contributed by atoms with E-state index in [2.05, 4.69) is 52.2 Å². The Hall–Kier alpha value is -0.166. The van der Waals surface area contributed by atoms with Crippen LogP contribution in [0.25, 0.3) is 0 Å². The molecule has 13 heavy (non-hydrogen) atoms. The summed E-state index contributed by atoms with van der Waals surface area (Å²) in [6, 6.07) is 0. The molecule has 0 heterocycles. The second kappa shape index (κ2) is 6.31. The second-order valence-electron chi connectivity index (χ2n) is 2.89. The molecule has 0 fully saturated rings. The molecule has 0 spiro atoms. The minimum absolute atomic E-state index is 1.11. The average molecular weight is 227 g/mol. The molecule has 2 aliphatic carbocycles. The number of allylic oxidation sites excluding steroid dienone is 8. The van der Waals surface area contributed by atoms with Crippen LogP contribution in [-0.4, -0.2) is 0 Å². The number of halogens is 1. The van der Waals surface area contributed by atoms with Crippen molar-refractivity contribution in [3.63, 3.8) is 0 Å². The first-order valence-electron chi connectivity index (χ1n) is 4.20. The molecule has 0 atom stereocenters. The van der Waals surface area contributed by atoms with Gasteiger partial charge in [-0.05, 0) is 12.8 Å². The van der Waals surface area contributed by atoms with E-state index in [4.69, 9.17) is 0 Å². The fraction of sp³-hybridized carbons (Fsp3) is 0.182. The van der Waals surface area contributed by atoms with Gasteiger partial charge in [-0.1, -0.05) is 12.2 Å². The standard InChI is InChI=1S/C11H11.ClH.Ti/c1-2-6-10(5-1)9-11-7-3-4-8-11;;/h1-5,7,9H,6,8H2;1H;/q-1;;+2/p-1. The maximum absolute atomic E-state index is 4.64. The van der Waals surface area contributed by atoms with Gasteiger partial charge in [-0.2, -0.15) is 29.7 Å². The van der Waals surface area contributed by atoms with E-state index >= 15 is 0 Å². The normalized spacial score (nSPS) is 17.5. The molecule has 0 saturated carbocycles. The molecule has 0 N–H and O–H groups in total. The summed E-state index contributed by atoms with van der Waals surface area (Å²) < 4.78 is 0. The Morgan fingerprint density at radius 1 is 1.00 bits per heavy atom. The molecule has 0 radical (unpaired) electrons. The topological polar surface area (TPSA) is 0 Å². The zero-order chi connectivity index (χ0) is 9.52. The van der Waals surface area contributed by atoms with Crippen molar-refractivity contribution in [2.75, 3.05) is 0 Å². The molecular weight excluding hydrogens is 215 g/mol. The molecule has 2 heteroatoms. The molecule has 0 amide bonds. The Balaban J connectivity index is 0.000000396. The summed E-state index contributed by atoms with van der Waals surface area (Å²) in [5.41, 5.74) is 2.86. The third-order valence-corrected chi connectivity index (χ3v) is 1.97. The fourth-order valence-corrected chi connectivity index (χ4v) is 1.38. The molecule has 0 nitrogen and oxygen atoms in total. The summed E-state index contributed by atoms with van der Waals surface area (Å²) in [7, 11) is 4.64. The zero-order valence-corrected chi connectivity index (χ0v) is 9.65. The van der Waals surface area contributed by atoms with Crippen molar-refractivity contribution in [3.05, 3.63) is 54.0 Å². The number of hydrogen-bond acceptors (Lipinski definition) is 0. The molecular formula is C11H11ClTi. The van der Waals surface area contributed by atoms with Crippen molar-refractivity contribution in [1.29, 1.82) is 0 Å². The minimum atomic E-state index is 1.11. The van der Waals surface area contributed by atoms with Crippen LogP contribution in [0.2, 0.25) is 0 Å². The molecule has 0 aromatic rings. The molecule has 2 rings (SSSR count). The fourth-order valence-electron chi connectivity index (χ4n) is 1.38. The summed E-state index contributed by atoms with van der Waals surface area (Å²) in [6.45, 7) is 0. The van der Waals surface area contributed by atoms with Gasteiger partial charge >= 0.3 is 28.7 Å². The van der Waals surface area contributed by atoms with Crippen LogP contribution in [0.4, 0.5) is 0 Å². The van der Waals surface area contributed by atoms with Crippen LogP contribution in [0.15, 0.2) is 47.6 Å². The van der Waals surface area contributed by atoms with Gasteiger partial charge < -0.3 is 0 Å². The Morgan fingerprint density at radius 2 is 1.46 bits per heavy atom. The van der Waals surface area contributed by atoms with E-state index < -0.39 is 0 Å². The van der Waals surface area contributed by atoms with Crippen molar-refractivity contribution < 1.29 is 19.4 Å². The van der Waals surface area contributed by atoms with E-state index in [0.29, 0.717) is 0 Å². The van der Waals surface area contributed by atoms with Crippen molar-refractivity contribution in [2.45, 2.75) is 12.8 Å². The van der Waals surface area contributed by atoms with Crippen LogP contribution in [0.3, 0.4) is 0 Å². The second-order valence-corrected chi connectivity index (χ2v) is 2.89. The van der Waals surface area contributed by atoms with Crippen molar-refractivity contribution in [3.8, 4) is 0 Å². The Morgan fingerprint density at radius 3 is 1.77 bits per heavy atom. The van der Waals surface area contributed by atoms with Crippen LogP contribution in [0, 0.1) is 6.42 Å². The van der Waals surface area contributed by atoms with Gasteiger partial charge in [-0.3, -0.25) is 0 Å². The van der Waals surface area contributed by atoms with Crippen LogP contribution in [-0.2, 0) is 19.4 Å². The molecule has 0 unspecified atom stereocenters. The SMILES string of the molecule is C1=CCC([CH-]C2=CC=CC2)=C1.[Cl][Ti+]. The third kappa shape index (κ3) is 3.60. The van der Waals surface area contributed by atoms with Gasteiger partial charge in [-0.15, -0.1) is 12.2 Å². The van der Waals surface area contributed by atoms with Crippen molar-refractivity contribution in [1.82, 2.24) is 0 Å². The van der Waals surface area contributed by atoms with E-state index in [1.54, 1.807) is 0 Å². The summed E-state index contributed by atoms with van der Waals surface area (Å²) >= 11 is 1.47. The first kappa shape index (κ1) is 10.9. The first-order chi connectivity index (χ1) is 6.45. The first-order valence-corrected chi connectivity index (χ1v) is 6.35. The van der Waals surface area contributed by atoms with Gasteiger partial charge in [0.2, 0.25) is 0 Å². The van der Waals surface area contributed by atoms with Gasteiger partial charge in [-0.25, -0.2) is 0 Å². The van der Waals surface area contributed by atoms with Crippen LogP contribution in [0.1, 0.15) is 12.8 Å². The average Bonchev–Trinajstić information content (AvgIpc) is 2.81. The Labute approximate surface area is 95.3 Å². The molecule has 0 saturated heterocycles. The van der Waals surface area contributed by atoms with E-state index in [0.717, 1.165) is 12.8 Å². The molecule has 0 aromatic heterocycles. The maximum atomic E-state index is 4.64. The zero-order valence-electron chi connectivity index (χ0n) is 7.33. The molecule has 2 aliphatic rings. The van der Waals surface area contributed by atoms with E-state index in [-0.39, 0.29) is 0 Å². The van der Waals surface area contributed by atoms with Crippen LogP contribution >= 0.6 is 9.30 Å².